The second-order valence-electron chi connectivity index (χ2n) is 6.95. The fraction of sp³-hybridized carbons (Fsp3) is 0.941. The topological polar surface area (TPSA) is 41.6 Å². The van der Waals surface area contributed by atoms with Crippen LogP contribution in [0.5, 0.6) is 0 Å². The fourth-order valence-electron chi connectivity index (χ4n) is 3.52. The Labute approximate surface area is 129 Å². The second kappa shape index (κ2) is 8.14. The van der Waals surface area contributed by atoms with Crippen molar-refractivity contribution in [2.45, 2.75) is 65.0 Å². The van der Waals surface area contributed by atoms with Crippen molar-refractivity contribution in [3.63, 3.8) is 0 Å². The van der Waals surface area contributed by atoms with Crippen molar-refractivity contribution in [2.24, 2.45) is 11.8 Å². The van der Waals surface area contributed by atoms with Crippen LogP contribution in [0.3, 0.4) is 0 Å². The Hall–Kier alpha value is -0.610. The molecule has 4 heteroatoms. The lowest BCUT2D eigenvalue weighted by Gasteiger charge is -2.38. The number of carbonyl (C=O) groups excluding carboxylic acids is 1. The van der Waals surface area contributed by atoms with Gasteiger partial charge in [0.05, 0.1) is 6.10 Å². The first-order chi connectivity index (χ1) is 10.1. The average Bonchev–Trinajstić information content (AvgIpc) is 2.43. The molecule has 1 N–H and O–H groups in total. The standard InChI is InChI=1S/C17H32N2O2/c1-4-21-16-9-15(10-16)11-17(20)19(13(2)3)12-14-5-7-18-8-6-14/h13-16,18H,4-12H2,1-3H3. The summed E-state index contributed by atoms with van der Waals surface area (Å²) in [7, 11) is 0. The van der Waals surface area contributed by atoms with Crippen molar-refractivity contribution in [1.29, 1.82) is 0 Å². The molecule has 1 amide bonds. The lowest BCUT2D eigenvalue weighted by atomic mass is 9.79. The van der Waals surface area contributed by atoms with E-state index in [0.29, 0.717) is 36.3 Å². The van der Waals surface area contributed by atoms with E-state index in [9.17, 15) is 4.79 Å². The summed E-state index contributed by atoms with van der Waals surface area (Å²) in [5, 5.41) is 3.40. The molecule has 2 aliphatic rings. The van der Waals surface area contributed by atoms with Crippen LogP contribution in [0.2, 0.25) is 0 Å². The molecule has 2 rings (SSSR count). The quantitative estimate of drug-likeness (QED) is 0.784. The predicted octanol–water partition coefficient (Wildman–Crippen LogP) is 2.43. The van der Waals surface area contributed by atoms with Crippen molar-refractivity contribution >= 4 is 5.91 Å². The molecule has 1 saturated carbocycles. The number of amides is 1. The predicted molar refractivity (Wildman–Crippen MR) is 85.2 cm³/mol. The van der Waals surface area contributed by atoms with Crippen molar-refractivity contribution in [2.75, 3.05) is 26.2 Å². The van der Waals surface area contributed by atoms with E-state index < -0.39 is 0 Å². The Kier molecular flexibility index (Phi) is 6.49. The number of hydrogen-bond donors (Lipinski definition) is 1. The highest BCUT2D eigenvalue weighted by molar-refractivity contribution is 5.76. The fourth-order valence-corrected chi connectivity index (χ4v) is 3.52. The molecule has 0 aromatic rings. The molecule has 1 aliphatic heterocycles. The molecule has 1 saturated heterocycles. The van der Waals surface area contributed by atoms with E-state index in [1.165, 1.54) is 12.8 Å². The first kappa shape index (κ1) is 16.8. The molecule has 0 aromatic heterocycles. The Bertz CT molecular complexity index is 321. The van der Waals surface area contributed by atoms with Crippen LogP contribution in [0.15, 0.2) is 0 Å². The minimum absolute atomic E-state index is 0.315. The molecule has 0 radical (unpaired) electrons. The van der Waals surface area contributed by atoms with E-state index in [-0.39, 0.29) is 0 Å². The van der Waals surface area contributed by atoms with Gasteiger partial charge in [0, 0.05) is 25.6 Å². The number of rotatable bonds is 7. The Balaban J connectivity index is 1.76. The molecule has 0 bridgehead atoms. The van der Waals surface area contributed by atoms with Gasteiger partial charge in [-0.2, -0.15) is 0 Å². The Morgan fingerprint density at radius 2 is 1.90 bits per heavy atom. The molecule has 0 unspecified atom stereocenters. The number of hydrogen-bond acceptors (Lipinski definition) is 3. The molecular formula is C17H32N2O2. The van der Waals surface area contributed by atoms with E-state index in [4.69, 9.17) is 4.74 Å². The Morgan fingerprint density at radius 3 is 2.48 bits per heavy atom. The summed E-state index contributed by atoms with van der Waals surface area (Å²) in [5.41, 5.74) is 0. The maximum Gasteiger partial charge on any atom is 0.223 e. The van der Waals surface area contributed by atoms with Gasteiger partial charge in [-0.05, 0) is 71.4 Å². The molecule has 1 aliphatic carbocycles. The van der Waals surface area contributed by atoms with Gasteiger partial charge < -0.3 is 15.0 Å². The maximum atomic E-state index is 12.6. The first-order valence-electron chi connectivity index (χ1n) is 8.71. The van der Waals surface area contributed by atoms with Crippen molar-refractivity contribution in [3.05, 3.63) is 0 Å². The van der Waals surface area contributed by atoms with Gasteiger partial charge in [-0.1, -0.05) is 0 Å². The van der Waals surface area contributed by atoms with Gasteiger partial charge in [0.1, 0.15) is 0 Å². The molecule has 122 valence electrons. The normalized spacial score (nSPS) is 26.7. The SMILES string of the molecule is CCOC1CC(CC(=O)N(CC2CCNCC2)C(C)C)C1. The van der Waals surface area contributed by atoms with Gasteiger partial charge in [0.2, 0.25) is 5.91 Å². The van der Waals surface area contributed by atoms with Crippen LogP contribution >= 0.6 is 0 Å². The first-order valence-corrected chi connectivity index (χ1v) is 8.71. The summed E-state index contributed by atoms with van der Waals surface area (Å²) in [4.78, 5) is 14.7. The second-order valence-corrected chi connectivity index (χ2v) is 6.95. The summed E-state index contributed by atoms with van der Waals surface area (Å²) < 4.78 is 5.59. The zero-order valence-electron chi connectivity index (χ0n) is 13.9. The van der Waals surface area contributed by atoms with Gasteiger partial charge >= 0.3 is 0 Å². The van der Waals surface area contributed by atoms with Crippen molar-refractivity contribution in [3.8, 4) is 0 Å². The minimum atomic E-state index is 0.315. The number of nitrogens with one attached hydrogen (secondary N) is 1. The van der Waals surface area contributed by atoms with Crippen LogP contribution < -0.4 is 5.32 Å². The number of carbonyl (C=O) groups is 1. The van der Waals surface area contributed by atoms with Gasteiger partial charge in [-0.25, -0.2) is 0 Å². The highest BCUT2D eigenvalue weighted by atomic mass is 16.5. The average molecular weight is 296 g/mol. The van der Waals surface area contributed by atoms with Crippen LogP contribution in [0, 0.1) is 11.8 Å². The zero-order chi connectivity index (χ0) is 15.2. The van der Waals surface area contributed by atoms with E-state index in [0.717, 1.165) is 39.1 Å². The van der Waals surface area contributed by atoms with Crippen LogP contribution in [-0.2, 0) is 9.53 Å². The largest absolute Gasteiger partial charge is 0.378 e. The van der Waals surface area contributed by atoms with Crippen LogP contribution in [0.25, 0.3) is 0 Å². The molecule has 0 spiro atoms. The molecule has 21 heavy (non-hydrogen) atoms. The smallest absolute Gasteiger partial charge is 0.223 e. The van der Waals surface area contributed by atoms with E-state index in [1.54, 1.807) is 0 Å². The van der Waals surface area contributed by atoms with Crippen molar-refractivity contribution < 1.29 is 9.53 Å². The van der Waals surface area contributed by atoms with Crippen LogP contribution in [-0.4, -0.2) is 49.2 Å². The number of nitrogens with zero attached hydrogens (tertiary/aromatic N) is 1. The third kappa shape index (κ3) is 4.96. The summed E-state index contributed by atoms with van der Waals surface area (Å²) in [6, 6.07) is 0.315. The monoisotopic (exact) mass is 296 g/mol. The summed E-state index contributed by atoms with van der Waals surface area (Å²) >= 11 is 0. The molecule has 0 atom stereocenters. The lowest BCUT2D eigenvalue weighted by molar-refractivity contribution is -0.137. The summed E-state index contributed by atoms with van der Waals surface area (Å²) in [6.07, 6.45) is 5.66. The van der Waals surface area contributed by atoms with Gasteiger partial charge in [0.25, 0.3) is 0 Å². The molecular weight excluding hydrogens is 264 g/mol. The van der Waals surface area contributed by atoms with Gasteiger partial charge in [-0.3, -0.25) is 4.79 Å². The summed E-state index contributed by atoms with van der Waals surface area (Å²) in [5.74, 6) is 1.57. The number of ether oxygens (including phenoxy) is 1. The van der Waals surface area contributed by atoms with E-state index in [2.05, 4.69) is 24.1 Å². The highest BCUT2D eigenvalue weighted by Crippen LogP contribution is 2.33. The van der Waals surface area contributed by atoms with Gasteiger partial charge in [-0.15, -0.1) is 0 Å². The maximum absolute atomic E-state index is 12.6. The third-order valence-electron chi connectivity index (χ3n) is 4.92. The van der Waals surface area contributed by atoms with E-state index >= 15 is 0 Å². The van der Waals surface area contributed by atoms with Crippen molar-refractivity contribution in [1.82, 2.24) is 10.2 Å². The third-order valence-corrected chi connectivity index (χ3v) is 4.92. The summed E-state index contributed by atoms with van der Waals surface area (Å²) in [6.45, 7) is 10.3. The zero-order valence-corrected chi connectivity index (χ0v) is 13.9. The molecule has 2 fully saturated rings. The lowest BCUT2D eigenvalue weighted by Crippen LogP contribution is -2.44. The number of piperidine rings is 1. The van der Waals surface area contributed by atoms with Crippen LogP contribution in [0.1, 0.15) is 52.9 Å². The minimum Gasteiger partial charge on any atom is -0.378 e. The van der Waals surface area contributed by atoms with E-state index in [1.807, 2.05) is 6.92 Å². The van der Waals surface area contributed by atoms with Gasteiger partial charge in [0.15, 0.2) is 0 Å². The Morgan fingerprint density at radius 1 is 1.24 bits per heavy atom. The van der Waals surface area contributed by atoms with Crippen LogP contribution in [0.4, 0.5) is 0 Å². The highest BCUT2D eigenvalue weighted by Gasteiger charge is 2.33. The molecule has 1 heterocycles. The molecule has 4 nitrogen and oxygen atoms in total. The molecule has 0 aromatic carbocycles.